The number of aromatic amines is 1. The third kappa shape index (κ3) is 1.88. The molecule has 2 heterocycles. The Labute approximate surface area is 115 Å². The number of nitrogens with one attached hydrogen (secondary N) is 1. The number of fused-ring (bicyclic) bond motifs is 1. The van der Waals surface area contributed by atoms with E-state index in [2.05, 4.69) is 4.98 Å². The molecule has 0 fully saturated rings. The van der Waals surface area contributed by atoms with E-state index in [0.717, 1.165) is 27.9 Å². The van der Waals surface area contributed by atoms with Crippen LogP contribution in [0.2, 0.25) is 0 Å². The van der Waals surface area contributed by atoms with Gasteiger partial charge in [-0.05, 0) is 30.3 Å². The van der Waals surface area contributed by atoms with Gasteiger partial charge < -0.3 is 19.9 Å². The van der Waals surface area contributed by atoms with Crippen LogP contribution >= 0.6 is 12.2 Å². The fourth-order valence-corrected chi connectivity index (χ4v) is 2.37. The molecule has 0 atom stereocenters. The lowest BCUT2D eigenvalue weighted by molar-refractivity contribution is 0.415. The van der Waals surface area contributed by atoms with Crippen molar-refractivity contribution in [3.05, 3.63) is 42.2 Å². The average molecular weight is 272 g/mol. The monoisotopic (exact) mass is 272 g/mol. The Kier molecular flexibility index (Phi) is 2.76. The van der Waals surface area contributed by atoms with Crippen LogP contribution in [0.1, 0.15) is 5.56 Å². The van der Waals surface area contributed by atoms with Crippen molar-refractivity contribution in [1.29, 1.82) is 0 Å². The summed E-state index contributed by atoms with van der Waals surface area (Å²) in [5.41, 5.74) is 8.36. The summed E-state index contributed by atoms with van der Waals surface area (Å²) in [6.07, 6.45) is 1.62. The van der Waals surface area contributed by atoms with Gasteiger partial charge in [0.2, 0.25) is 0 Å². The Bertz CT molecular complexity index is 744. The SMILES string of the molecule is COc1ccc2[nH]c(-c3ccco3)c(C(N)=S)c2c1. The van der Waals surface area contributed by atoms with Crippen LogP contribution in [0.25, 0.3) is 22.4 Å². The molecule has 0 saturated heterocycles. The maximum atomic E-state index is 5.85. The van der Waals surface area contributed by atoms with Crippen molar-refractivity contribution >= 4 is 28.1 Å². The van der Waals surface area contributed by atoms with Crippen LogP contribution in [0.5, 0.6) is 5.75 Å². The van der Waals surface area contributed by atoms with Gasteiger partial charge in [-0.2, -0.15) is 0 Å². The van der Waals surface area contributed by atoms with Gasteiger partial charge in [0.25, 0.3) is 0 Å². The van der Waals surface area contributed by atoms with Crippen LogP contribution < -0.4 is 10.5 Å². The standard InChI is InChI=1S/C14H12N2O2S/c1-17-8-4-5-10-9(7-8)12(14(15)19)13(16-10)11-3-2-6-18-11/h2-7,16H,1H3,(H2,15,19). The Hall–Kier alpha value is -2.27. The molecular weight excluding hydrogens is 260 g/mol. The molecule has 0 amide bonds. The van der Waals surface area contributed by atoms with E-state index in [1.807, 2.05) is 30.3 Å². The number of H-pyrrole nitrogens is 1. The first-order valence-corrected chi connectivity index (χ1v) is 6.15. The molecule has 5 heteroatoms. The van der Waals surface area contributed by atoms with Gasteiger partial charge in [-0.25, -0.2) is 0 Å². The van der Waals surface area contributed by atoms with Gasteiger partial charge in [0.1, 0.15) is 10.7 Å². The molecular formula is C14H12N2O2S. The van der Waals surface area contributed by atoms with E-state index in [0.29, 0.717) is 10.7 Å². The molecule has 1 aromatic carbocycles. The van der Waals surface area contributed by atoms with Crippen molar-refractivity contribution in [3.8, 4) is 17.2 Å². The van der Waals surface area contributed by atoms with Gasteiger partial charge >= 0.3 is 0 Å². The van der Waals surface area contributed by atoms with Gasteiger partial charge in [-0.1, -0.05) is 12.2 Å². The maximum Gasteiger partial charge on any atom is 0.150 e. The minimum atomic E-state index is 0.325. The number of rotatable bonds is 3. The first-order valence-electron chi connectivity index (χ1n) is 5.74. The number of thiocarbonyl (C=S) groups is 1. The van der Waals surface area contributed by atoms with Crippen LogP contribution in [0.4, 0.5) is 0 Å². The van der Waals surface area contributed by atoms with E-state index in [9.17, 15) is 0 Å². The Morgan fingerprint density at radius 1 is 1.37 bits per heavy atom. The van der Waals surface area contributed by atoms with Crippen molar-refractivity contribution in [3.63, 3.8) is 0 Å². The molecule has 3 N–H and O–H groups in total. The largest absolute Gasteiger partial charge is 0.497 e. The Balaban J connectivity index is 2.34. The van der Waals surface area contributed by atoms with Crippen LogP contribution in [0.15, 0.2) is 41.0 Å². The molecule has 19 heavy (non-hydrogen) atoms. The van der Waals surface area contributed by atoms with Gasteiger partial charge in [-0.15, -0.1) is 0 Å². The van der Waals surface area contributed by atoms with E-state index in [-0.39, 0.29) is 0 Å². The Morgan fingerprint density at radius 3 is 2.84 bits per heavy atom. The Morgan fingerprint density at radius 2 is 2.21 bits per heavy atom. The van der Waals surface area contributed by atoms with E-state index in [4.69, 9.17) is 27.1 Å². The van der Waals surface area contributed by atoms with Crippen molar-refractivity contribution in [2.75, 3.05) is 7.11 Å². The quantitative estimate of drug-likeness (QED) is 0.719. The summed E-state index contributed by atoms with van der Waals surface area (Å²) in [7, 11) is 1.63. The average Bonchev–Trinajstić information content (AvgIpc) is 3.04. The number of methoxy groups -OCH3 is 1. The molecule has 0 spiro atoms. The zero-order valence-corrected chi connectivity index (χ0v) is 11.1. The lowest BCUT2D eigenvalue weighted by Crippen LogP contribution is -2.09. The van der Waals surface area contributed by atoms with E-state index < -0.39 is 0 Å². The highest BCUT2D eigenvalue weighted by molar-refractivity contribution is 7.80. The lowest BCUT2D eigenvalue weighted by Gasteiger charge is -2.01. The van der Waals surface area contributed by atoms with Crippen LogP contribution in [0, 0.1) is 0 Å². The second-order valence-electron chi connectivity index (χ2n) is 4.13. The van der Waals surface area contributed by atoms with Gasteiger partial charge in [0.05, 0.1) is 19.1 Å². The zero-order valence-electron chi connectivity index (χ0n) is 10.3. The highest BCUT2D eigenvalue weighted by Crippen LogP contribution is 2.32. The topological polar surface area (TPSA) is 64.2 Å². The molecule has 0 aliphatic heterocycles. The number of benzene rings is 1. The first-order chi connectivity index (χ1) is 9.20. The van der Waals surface area contributed by atoms with Crippen LogP contribution in [-0.2, 0) is 0 Å². The van der Waals surface area contributed by atoms with E-state index in [1.165, 1.54) is 0 Å². The number of ether oxygens (including phenoxy) is 1. The van der Waals surface area contributed by atoms with Crippen LogP contribution in [0.3, 0.4) is 0 Å². The zero-order chi connectivity index (χ0) is 13.4. The predicted molar refractivity (Wildman–Crippen MR) is 78.4 cm³/mol. The van der Waals surface area contributed by atoms with Crippen molar-refractivity contribution < 1.29 is 9.15 Å². The molecule has 2 aromatic heterocycles. The maximum absolute atomic E-state index is 5.85. The summed E-state index contributed by atoms with van der Waals surface area (Å²) in [5.74, 6) is 1.47. The minimum Gasteiger partial charge on any atom is -0.497 e. The second kappa shape index (κ2) is 4.44. The minimum absolute atomic E-state index is 0.325. The predicted octanol–water partition coefficient (Wildman–Crippen LogP) is 3.07. The highest BCUT2D eigenvalue weighted by Gasteiger charge is 2.17. The number of aromatic nitrogens is 1. The molecule has 4 nitrogen and oxygen atoms in total. The molecule has 0 unspecified atom stereocenters. The van der Waals surface area contributed by atoms with Gasteiger partial charge in [0, 0.05) is 16.5 Å². The summed E-state index contributed by atoms with van der Waals surface area (Å²) in [5, 5.41) is 0.929. The molecule has 0 radical (unpaired) electrons. The van der Waals surface area contributed by atoms with Crippen LogP contribution in [-0.4, -0.2) is 17.1 Å². The van der Waals surface area contributed by atoms with Crippen molar-refractivity contribution in [2.45, 2.75) is 0 Å². The van der Waals surface area contributed by atoms with Crippen molar-refractivity contribution in [2.24, 2.45) is 5.73 Å². The second-order valence-corrected chi connectivity index (χ2v) is 4.57. The summed E-state index contributed by atoms with van der Waals surface area (Å²) >= 11 is 5.16. The molecule has 0 saturated carbocycles. The third-order valence-corrected chi connectivity index (χ3v) is 3.22. The molecule has 3 aromatic rings. The van der Waals surface area contributed by atoms with Crippen molar-refractivity contribution in [1.82, 2.24) is 4.98 Å². The van der Waals surface area contributed by atoms with Gasteiger partial charge in [0.15, 0.2) is 5.76 Å². The molecule has 3 rings (SSSR count). The molecule has 96 valence electrons. The normalized spacial score (nSPS) is 10.8. The van der Waals surface area contributed by atoms with E-state index >= 15 is 0 Å². The molecule has 0 aliphatic carbocycles. The number of nitrogens with two attached hydrogens (primary N) is 1. The molecule has 0 bridgehead atoms. The van der Waals surface area contributed by atoms with E-state index in [1.54, 1.807) is 13.4 Å². The first kappa shape index (κ1) is 11.8. The summed E-state index contributed by atoms with van der Waals surface area (Å²) in [6.45, 7) is 0. The summed E-state index contributed by atoms with van der Waals surface area (Å²) in [4.78, 5) is 3.61. The lowest BCUT2D eigenvalue weighted by atomic mass is 10.1. The fraction of sp³-hybridized carbons (Fsp3) is 0.0714. The molecule has 0 aliphatic rings. The summed E-state index contributed by atoms with van der Waals surface area (Å²) < 4.78 is 10.7. The highest BCUT2D eigenvalue weighted by atomic mass is 32.1. The number of furan rings is 1. The number of hydrogen-bond acceptors (Lipinski definition) is 3. The smallest absolute Gasteiger partial charge is 0.150 e. The fourth-order valence-electron chi connectivity index (χ4n) is 2.16. The summed E-state index contributed by atoms with van der Waals surface area (Å²) in [6, 6.07) is 9.41. The van der Waals surface area contributed by atoms with Gasteiger partial charge in [-0.3, -0.25) is 0 Å². The number of hydrogen-bond donors (Lipinski definition) is 2. The third-order valence-electron chi connectivity index (χ3n) is 3.02.